The van der Waals surface area contributed by atoms with Crippen LogP contribution in [0.15, 0.2) is 24.5 Å². The van der Waals surface area contributed by atoms with Gasteiger partial charge in [-0.25, -0.2) is 13.9 Å². The smallest absolute Gasteiger partial charge is 0.419 e. The Bertz CT molecular complexity index is 679. The largest absolute Gasteiger partial charge is 0.478 e. The second-order valence-corrected chi connectivity index (χ2v) is 3.87. The Morgan fingerprint density at radius 1 is 1.35 bits per heavy atom. The van der Waals surface area contributed by atoms with E-state index in [-0.39, 0.29) is 5.69 Å². The number of rotatable bonds is 2. The summed E-state index contributed by atoms with van der Waals surface area (Å²) in [5.74, 6) is -2.41. The van der Waals surface area contributed by atoms with Gasteiger partial charge in [-0.2, -0.15) is 18.3 Å². The van der Waals surface area contributed by atoms with Gasteiger partial charge < -0.3 is 10.8 Å². The molecule has 0 saturated carbocycles. The van der Waals surface area contributed by atoms with E-state index in [1.807, 2.05) is 0 Å². The first-order chi connectivity index (χ1) is 9.20. The minimum absolute atomic E-state index is 0.332. The maximum Gasteiger partial charge on any atom is 0.419 e. The number of nitrogens with zero attached hydrogens (tertiary/aromatic N) is 2. The van der Waals surface area contributed by atoms with Crippen LogP contribution in [0.4, 0.5) is 23.2 Å². The van der Waals surface area contributed by atoms with Crippen molar-refractivity contribution in [2.45, 2.75) is 6.18 Å². The Labute approximate surface area is 109 Å². The van der Waals surface area contributed by atoms with Crippen molar-refractivity contribution in [2.75, 3.05) is 5.73 Å². The van der Waals surface area contributed by atoms with Crippen LogP contribution < -0.4 is 5.73 Å². The Morgan fingerprint density at radius 2 is 2.00 bits per heavy atom. The molecule has 3 N–H and O–H groups in total. The van der Waals surface area contributed by atoms with Crippen LogP contribution in [0.1, 0.15) is 15.9 Å². The molecule has 20 heavy (non-hydrogen) atoms. The fourth-order valence-electron chi connectivity index (χ4n) is 1.54. The summed E-state index contributed by atoms with van der Waals surface area (Å²) in [6.45, 7) is 0. The van der Waals surface area contributed by atoms with E-state index < -0.39 is 34.8 Å². The summed E-state index contributed by atoms with van der Waals surface area (Å²) in [6, 6.07) is 1.54. The number of hydrogen-bond acceptors (Lipinski definition) is 3. The van der Waals surface area contributed by atoms with E-state index in [2.05, 4.69) is 5.10 Å². The van der Waals surface area contributed by atoms with Crippen LogP contribution in [0.3, 0.4) is 0 Å². The molecule has 0 radical (unpaired) electrons. The molecule has 0 aliphatic rings. The zero-order valence-corrected chi connectivity index (χ0v) is 9.65. The lowest BCUT2D eigenvalue weighted by Gasteiger charge is -2.07. The molecule has 0 atom stereocenters. The normalized spacial score (nSPS) is 11.6. The average Bonchev–Trinajstić information content (AvgIpc) is 2.77. The van der Waals surface area contributed by atoms with Gasteiger partial charge in [0, 0.05) is 11.9 Å². The Morgan fingerprint density at radius 3 is 2.50 bits per heavy atom. The maximum absolute atomic E-state index is 13.7. The van der Waals surface area contributed by atoms with Crippen molar-refractivity contribution < 1.29 is 27.5 Å². The number of nitrogen functional groups attached to an aromatic ring is 1. The van der Waals surface area contributed by atoms with E-state index in [1.54, 1.807) is 0 Å². The second-order valence-electron chi connectivity index (χ2n) is 3.87. The van der Waals surface area contributed by atoms with Gasteiger partial charge in [-0.3, -0.25) is 0 Å². The number of carboxylic acid groups (broad SMARTS) is 1. The summed E-state index contributed by atoms with van der Waals surface area (Å²) >= 11 is 0. The van der Waals surface area contributed by atoms with Crippen LogP contribution >= 0.6 is 0 Å². The van der Waals surface area contributed by atoms with Gasteiger partial charge in [-0.1, -0.05) is 0 Å². The Hall–Kier alpha value is -2.58. The zero-order chi connectivity index (χ0) is 15.1. The van der Waals surface area contributed by atoms with Crippen LogP contribution in [-0.2, 0) is 6.18 Å². The van der Waals surface area contributed by atoms with Gasteiger partial charge >= 0.3 is 12.1 Å². The third-order valence-electron chi connectivity index (χ3n) is 2.51. The van der Waals surface area contributed by atoms with E-state index in [1.165, 1.54) is 0 Å². The summed E-state index contributed by atoms with van der Waals surface area (Å²) < 4.78 is 51.6. The van der Waals surface area contributed by atoms with Crippen molar-refractivity contribution in [3.63, 3.8) is 0 Å². The highest BCUT2D eigenvalue weighted by molar-refractivity contribution is 5.94. The summed E-state index contributed by atoms with van der Waals surface area (Å²) in [5, 5.41) is 12.2. The lowest BCUT2D eigenvalue weighted by Crippen LogP contribution is -2.07. The lowest BCUT2D eigenvalue weighted by atomic mass is 10.1. The van der Waals surface area contributed by atoms with Crippen LogP contribution in [0.5, 0.6) is 0 Å². The first-order valence-electron chi connectivity index (χ1n) is 5.14. The molecule has 1 aromatic heterocycles. The first kappa shape index (κ1) is 13.8. The standard InChI is InChI=1S/C11H7F4N3O2/c12-7-2-8(16)6(10(19)20)1-9(7)18-4-5(3-17-18)11(13,14)15/h1-4H,16H2,(H,19,20). The van der Waals surface area contributed by atoms with Gasteiger partial charge in [0.1, 0.15) is 5.69 Å². The van der Waals surface area contributed by atoms with E-state index in [9.17, 15) is 22.4 Å². The van der Waals surface area contributed by atoms with Crippen LogP contribution in [0.2, 0.25) is 0 Å². The van der Waals surface area contributed by atoms with Crippen molar-refractivity contribution in [3.8, 4) is 5.69 Å². The van der Waals surface area contributed by atoms with Gasteiger partial charge in [-0.05, 0) is 12.1 Å². The first-order valence-corrected chi connectivity index (χ1v) is 5.14. The Kier molecular flexibility index (Phi) is 3.12. The van der Waals surface area contributed by atoms with Gasteiger partial charge in [0.05, 0.1) is 17.3 Å². The molecule has 5 nitrogen and oxygen atoms in total. The number of alkyl halides is 3. The highest BCUT2D eigenvalue weighted by Gasteiger charge is 2.32. The monoisotopic (exact) mass is 289 g/mol. The van der Waals surface area contributed by atoms with Gasteiger partial charge in [0.15, 0.2) is 5.82 Å². The van der Waals surface area contributed by atoms with Crippen molar-refractivity contribution in [2.24, 2.45) is 0 Å². The number of carbonyl (C=O) groups is 1. The van der Waals surface area contributed by atoms with Crippen molar-refractivity contribution in [1.29, 1.82) is 0 Å². The van der Waals surface area contributed by atoms with E-state index in [0.29, 0.717) is 23.1 Å². The molecule has 1 aromatic carbocycles. The van der Waals surface area contributed by atoms with Gasteiger partial charge in [0.25, 0.3) is 0 Å². The molecule has 9 heteroatoms. The van der Waals surface area contributed by atoms with Crippen molar-refractivity contribution in [3.05, 3.63) is 41.5 Å². The molecule has 1 heterocycles. The number of aromatic carboxylic acids is 1. The molecule has 106 valence electrons. The lowest BCUT2D eigenvalue weighted by molar-refractivity contribution is -0.137. The predicted octanol–water partition coefficient (Wildman–Crippen LogP) is 2.31. The minimum atomic E-state index is -4.63. The second kappa shape index (κ2) is 4.51. The molecule has 0 amide bonds. The summed E-state index contributed by atoms with van der Waals surface area (Å²) in [4.78, 5) is 10.9. The van der Waals surface area contributed by atoms with Gasteiger partial charge in [0.2, 0.25) is 0 Å². The molecule has 0 saturated heterocycles. The topological polar surface area (TPSA) is 81.1 Å². The number of halogens is 4. The fourth-order valence-corrected chi connectivity index (χ4v) is 1.54. The third-order valence-corrected chi connectivity index (χ3v) is 2.51. The number of nitrogens with two attached hydrogens (primary N) is 1. The molecular formula is C11H7F4N3O2. The van der Waals surface area contributed by atoms with E-state index >= 15 is 0 Å². The molecule has 2 rings (SSSR count). The van der Waals surface area contributed by atoms with Crippen LogP contribution in [-0.4, -0.2) is 20.9 Å². The molecule has 0 unspecified atom stereocenters. The molecule has 0 spiro atoms. The highest BCUT2D eigenvalue weighted by Crippen LogP contribution is 2.30. The number of hydrogen-bond donors (Lipinski definition) is 2. The molecule has 0 aliphatic heterocycles. The SMILES string of the molecule is Nc1cc(F)c(-n2cc(C(F)(F)F)cn2)cc1C(=O)O. The maximum atomic E-state index is 13.7. The summed E-state index contributed by atoms with van der Waals surface area (Å²) in [7, 11) is 0. The fraction of sp³-hybridized carbons (Fsp3) is 0.0909. The zero-order valence-electron chi connectivity index (χ0n) is 9.65. The Balaban J connectivity index is 2.55. The van der Waals surface area contributed by atoms with Crippen molar-refractivity contribution >= 4 is 11.7 Å². The molecule has 0 bridgehead atoms. The quantitative estimate of drug-likeness (QED) is 0.656. The van der Waals surface area contributed by atoms with E-state index in [0.717, 1.165) is 6.07 Å². The van der Waals surface area contributed by atoms with Gasteiger partial charge in [-0.15, -0.1) is 0 Å². The molecule has 0 aliphatic carbocycles. The number of anilines is 1. The molecule has 0 fully saturated rings. The minimum Gasteiger partial charge on any atom is -0.478 e. The predicted molar refractivity (Wildman–Crippen MR) is 59.9 cm³/mol. The van der Waals surface area contributed by atoms with Crippen molar-refractivity contribution in [1.82, 2.24) is 9.78 Å². The van der Waals surface area contributed by atoms with Crippen LogP contribution in [0.25, 0.3) is 5.69 Å². The third kappa shape index (κ3) is 2.42. The number of benzene rings is 1. The summed E-state index contributed by atoms with van der Waals surface area (Å²) in [5.41, 5.74) is 3.04. The summed E-state index contributed by atoms with van der Waals surface area (Å²) in [6.07, 6.45) is -3.56. The number of aromatic nitrogens is 2. The molecule has 2 aromatic rings. The van der Waals surface area contributed by atoms with E-state index in [4.69, 9.17) is 10.8 Å². The average molecular weight is 289 g/mol. The number of carboxylic acids is 1. The molecular weight excluding hydrogens is 282 g/mol. The highest BCUT2D eigenvalue weighted by atomic mass is 19.4. The van der Waals surface area contributed by atoms with Crippen LogP contribution in [0, 0.1) is 5.82 Å².